The average molecular weight is 184 g/mol. The molecule has 0 bridgehead atoms. The van der Waals surface area contributed by atoms with Gasteiger partial charge in [-0.2, -0.15) is 8.78 Å². The van der Waals surface area contributed by atoms with E-state index in [1.54, 1.807) is 7.05 Å². The Balaban J connectivity index is 3.08. The van der Waals surface area contributed by atoms with Crippen LogP contribution < -0.4 is 10.6 Å². The van der Waals surface area contributed by atoms with Crippen LogP contribution >= 0.6 is 12.2 Å². The maximum absolute atomic E-state index is 11.3. The number of halogens is 2. The molecule has 0 fully saturated rings. The monoisotopic (exact) mass is 184 g/mol. The summed E-state index contributed by atoms with van der Waals surface area (Å²) in [7, 11) is 1.64. The van der Waals surface area contributed by atoms with Gasteiger partial charge < -0.3 is 15.4 Å². The molecule has 0 aliphatic heterocycles. The summed E-state index contributed by atoms with van der Waals surface area (Å²) in [5.74, 6) is 0. The first-order valence-electron chi connectivity index (χ1n) is 3.02. The molecule has 0 unspecified atom stereocenters. The summed E-state index contributed by atoms with van der Waals surface area (Å²) in [5.41, 5.74) is 0. The number of hydrogen-bond acceptors (Lipinski definition) is 2. The smallest absolute Gasteiger partial charge is 0.345 e. The Morgan fingerprint density at radius 1 is 1.64 bits per heavy atom. The summed E-state index contributed by atoms with van der Waals surface area (Å²) < 4.78 is 26.6. The summed E-state index contributed by atoms with van der Waals surface area (Å²) >= 11 is 4.67. The molecule has 0 heterocycles. The van der Waals surface area contributed by atoms with Gasteiger partial charge in [-0.1, -0.05) is 0 Å². The van der Waals surface area contributed by atoms with Crippen LogP contribution in [0.25, 0.3) is 0 Å². The lowest BCUT2D eigenvalue weighted by Crippen LogP contribution is -2.34. The second-order valence-corrected chi connectivity index (χ2v) is 2.05. The largest absolute Gasteiger partial charge is 0.366 e. The second-order valence-electron chi connectivity index (χ2n) is 1.64. The fourth-order valence-corrected chi connectivity index (χ4v) is 0.503. The van der Waals surface area contributed by atoms with Gasteiger partial charge in [-0.15, -0.1) is 0 Å². The van der Waals surface area contributed by atoms with Crippen LogP contribution in [0, 0.1) is 0 Å². The Hall–Kier alpha value is -0.490. The van der Waals surface area contributed by atoms with Gasteiger partial charge in [0.2, 0.25) is 0 Å². The predicted molar refractivity (Wildman–Crippen MR) is 41.6 cm³/mol. The molecule has 6 heteroatoms. The van der Waals surface area contributed by atoms with Gasteiger partial charge in [-0.25, -0.2) is 0 Å². The van der Waals surface area contributed by atoms with Gasteiger partial charge in [0.15, 0.2) is 5.11 Å². The minimum atomic E-state index is -2.71. The third-order valence-electron chi connectivity index (χ3n) is 0.859. The second kappa shape index (κ2) is 6.23. The maximum Gasteiger partial charge on any atom is 0.345 e. The minimum Gasteiger partial charge on any atom is -0.366 e. The van der Waals surface area contributed by atoms with Crippen molar-refractivity contribution in [1.29, 1.82) is 0 Å². The quantitative estimate of drug-likeness (QED) is 0.487. The van der Waals surface area contributed by atoms with E-state index in [1.165, 1.54) is 0 Å². The Kier molecular flexibility index (Phi) is 5.96. The van der Waals surface area contributed by atoms with Crippen LogP contribution in [0.3, 0.4) is 0 Å². The van der Waals surface area contributed by atoms with E-state index in [1.807, 2.05) is 0 Å². The van der Waals surface area contributed by atoms with Crippen molar-refractivity contribution in [3.63, 3.8) is 0 Å². The summed E-state index contributed by atoms with van der Waals surface area (Å²) in [4.78, 5) is 0. The van der Waals surface area contributed by atoms with E-state index in [0.29, 0.717) is 5.11 Å². The van der Waals surface area contributed by atoms with Gasteiger partial charge in [0, 0.05) is 13.6 Å². The Morgan fingerprint density at radius 3 is 2.73 bits per heavy atom. The zero-order valence-corrected chi connectivity index (χ0v) is 6.88. The van der Waals surface area contributed by atoms with Gasteiger partial charge in [0.1, 0.15) is 0 Å². The minimum absolute atomic E-state index is 0.0561. The van der Waals surface area contributed by atoms with Crippen molar-refractivity contribution in [2.45, 2.75) is 6.61 Å². The van der Waals surface area contributed by atoms with Gasteiger partial charge in [-0.05, 0) is 12.2 Å². The highest BCUT2D eigenvalue weighted by Gasteiger charge is 1.99. The van der Waals surface area contributed by atoms with Gasteiger partial charge >= 0.3 is 6.61 Å². The molecule has 11 heavy (non-hydrogen) atoms. The van der Waals surface area contributed by atoms with Crippen LogP contribution in [0.4, 0.5) is 8.78 Å². The van der Waals surface area contributed by atoms with Crippen LogP contribution in [-0.4, -0.2) is 31.9 Å². The van der Waals surface area contributed by atoms with Crippen molar-refractivity contribution in [3.05, 3.63) is 0 Å². The van der Waals surface area contributed by atoms with Crippen molar-refractivity contribution in [1.82, 2.24) is 10.6 Å². The molecule has 0 saturated heterocycles. The number of hydrogen-bond donors (Lipinski definition) is 2. The van der Waals surface area contributed by atoms with Crippen molar-refractivity contribution in [3.8, 4) is 0 Å². The molecule has 0 aliphatic rings. The zero-order valence-electron chi connectivity index (χ0n) is 6.06. The van der Waals surface area contributed by atoms with Crippen LogP contribution in [0.5, 0.6) is 0 Å². The molecule has 0 radical (unpaired) electrons. The number of rotatable bonds is 4. The number of thiocarbonyl (C=S) groups is 1. The fourth-order valence-electron chi connectivity index (χ4n) is 0.401. The lowest BCUT2D eigenvalue weighted by Gasteiger charge is -2.06. The topological polar surface area (TPSA) is 33.3 Å². The van der Waals surface area contributed by atoms with Crippen LogP contribution in [0.1, 0.15) is 0 Å². The standard InChI is InChI=1S/C5H10F2N2OS/c1-8-5(11)9-2-3-10-4(6)7/h4H,2-3H2,1H3,(H2,8,9,11). The molecule has 3 nitrogen and oxygen atoms in total. The van der Waals surface area contributed by atoms with E-state index in [4.69, 9.17) is 0 Å². The Labute approximate surface area is 69.1 Å². The van der Waals surface area contributed by atoms with Crippen LogP contribution in [0.2, 0.25) is 0 Å². The summed E-state index contributed by atoms with van der Waals surface area (Å²) in [6, 6.07) is 0. The molecular weight excluding hydrogens is 174 g/mol. The number of alkyl halides is 2. The van der Waals surface area contributed by atoms with E-state index >= 15 is 0 Å². The zero-order chi connectivity index (χ0) is 8.69. The highest BCUT2D eigenvalue weighted by atomic mass is 32.1. The highest BCUT2D eigenvalue weighted by Crippen LogP contribution is 1.91. The molecule has 0 spiro atoms. The number of ether oxygens (including phenoxy) is 1. The molecule has 0 aromatic heterocycles. The first kappa shape index (κ1) is 10.5. The molecule has 0 amide bonds. The van der Waals surface area contributed by atoms with E-state index in [9.17, 15) is 8.78 Å². The van der Waals surface area contributed by atoms with Gasteiger partial charge in [0.05, 0.1) is 6.61 Å². The van der Waals surface area contributed by atoms with Crippen LogP contribution in [-0.2, 0) is 4.74 Å². The molecule has 0 rings (SSSR count). The number of nitrogens with one attached hydrogen (secondary N) is 2. The lowest BCUT2D eigenvalue weighted by atomic mass is 10.7. The van der Waals surface area contributed by atoms with Crippen molar-refractivity contribution >= 4 is 17.3 Å². The first-order valence-corrected chi connectivity index (χ1v) is 3.43. The molecular formula is C5H10F2N2OS. The van der Waals surface area contributed by atoms with Gasteiger partial charge in [-0.3, -0.25) is 0 Å². The van der Waals surface area contributed by atoms with Crippen molar-refractivity contribution in [2.24, 2.45) is 0 Å². The van der Waals surface area contributed by atoms with Crippen molar-refractivity contribution < 1.29 is 13.5 Å². The van der Waals surface area contributed by atoms with E-state index in [2.05, 4.69) is 27.6 Å². The van der Waals surface area contributed by atoms with E-state index < -0.39 is 6.61 Å². The average Bonchev–Trinajstić information content (AvgIpc) is 1.97. The normalized spacial score (nSPS) is 9.82. The fraction of sp³-hybridized carbons (Fsp3) is 0.800. The third-order valence-corrected chi connectivity index (χ3v) is 1.21. The molecule has 2 N–H and O–H groups in total. The van der Waals surface area contributed by atoms with Gasteiger partial charge in [0.25, 0.3) is 0 Å². The summed E-state index contributed by atoms with van der Waals surface area (Å²) in [5, 5.41) is 5.70. The maximum atomic E-state index is 11.3. The Morgan fingerprint density at radius 2 is 2.27 bits per heavy atom. The molecule has 0 aromatic rings. The lowest BCUT2D eigenvalue weighted by molar-refractivity contribution is -0.126. The molecule has 0 aromatic carbocycles. The first-order chi connectivity index (χ1) is 5.16. The predicted octanol–water partition coefficient (Wildman–Crippen LogP) is 0.319. The van der Waals surface area contributed by atoms with E-state index in [0.717, 1.165) is 0 Å². The summed E-state index contributed by atoms with van der Waals surface area (Å²) in [6.07, 6.45) is 0. The SMILES string of the molecule is CNC(=S)NCCOC(F)F. The third kappa shape index (κ3) is 7.41. The summed E-state index contributed by atoms with van der Waals surface area (Å²) in [6.45, 7) is -2.48. The van der Waals surface area contributed by atoms with E-state index in [-0.39, 0.29) is 13.2 Å². The molecule has 0 saturated carbocycles. The van der Waals surface area contributed by atoms with Crippen molar-refractivity contribution in [2.75, 3.05) is 20.2 Å². The molecule has 66 valence electrons. The molecule has 0 atom stereocenters. The highest BCUT2D eigenvalue weighted by molar-refractivity contribution is 7.80. The molecule has 0 aliphatic carbocycles. The Bertz CT molecular complexity index is 123. The van der Waals surface area contributed by atoms with Crippen LogP contribution in [0.15, 0.2) is 0 Å².